The molecule has 1 aromatic heterocycles. The molecule has 0 unspecified atom stereocenters. The maximum Gasteiger partial charge on any atom is 0.276 e. The number of carbonyl (C=O) groups is 2. The Morgan fingerprint density at radius 2 is 1.63 bits per heavy atom. The second-order valence-electron chi connectivity index (χ2n) is 6.51. The number of benzene rings is 2. The molecule has 0 saturated carbocycles. The zero-order chi connectivity index (χ0) is 18.8. The van der Waals surface area contributed by atoms with Crippen LogP contribution in [0.15, 0.2) is 60.7 Å². The van der Waals surface area contributed by atoms with Gasteiger partial charge in [-0.3, -0.25) is 9.59 Å². The molecule has 6 heteroatoms. The molecule has 3 aromatic rings. The van der Waals surface area contributed by atoms with Gasteiger partial charge in [0.25, 0.3) is 5.91 Å². The maximum absolute atomic E-state index is 12.9. The van der Waals surface area contributed by atoms with Gasteiger partial charge in [-0.2, -0.15) is 0 Å². The van der Waals surface area contributed by atoms with Crippen molar-refractivity contribution in [3.8, 4) is 11.4 Å². The van der Waals surface area contributed by atoms with Crippen molar-refractivity contribution in [3.05, 3.63) is 72.1 Å². The minimum atomic E-state index is -0.266. The van der Waals surface area contributed by atoms with Crippen LogP contribution in [-0.4, -0.2) is 32.8 Å². The molecule has 136 valence electrons. The Balaban J connectivity index is 1.75. The number of hydrogen-bond donors (Lipinski definition) is 1. The maximum atomic E-state index is 12.9. The monoisotopic (exact) mass is 360 g/mol. The van der Waals surface area contributed by atoms with Gasteiger partial charge in [0.2, 0.25) is 5.91 Å². The largest absolute Gasteiger partial charge is 0.335 e. The summed E-state index contributed by atoms with van der Waals surface area (Å²) in [7, 11) is 0. The van der Waals surface area contributed by atoms with Crippen molar-refractivity contribution in [1.29, 1.82) is 0 Å². The van der Waals surface area contributed by atoms with Crippen molar-refractivity contribution in [2.24, 2.45) is 0 Å². The number of fused-ring (bicyclic) bond motifs is 1. The summed E-state index contributed by atoms with van der Waals surface area (Å²) in [6.07, 6.45) is 0. The highest BCUT2D eigenvalue weighted by Gasteiger charge is 2.28. The number of imidazole rings is 1. The number of nitrogens with one attached hydrogen (secondary N) is 1. The minimum Gasteiger partial charge on any atom is -0.335 e. The molecule has 27 heavy (non-hydrogen) atoms. The third-order valence-electron chi connectivity index (χ3n) is 4.73. The molecule has 2 aromatic carbocycles. The van der Waals surface area contributed by atoms with E-state index in [9.17, 15) is 9.59 Å². The van der Waals surface area contributed by atoms with Gasteiger partial charge in [0.1, 0.15) is 5.82 Å². The summed E-state index contributed by atoms with van der Waals surface area (Å²) in [4.78, 5) is 31.2. The molecule has 0 saturated heterocycles. The first-order valence-corrected chi connectivity index (χ1v) is 8.90. The van der Waals surface area contributed by atoms with Crippen LogP contribution in [0, 0.1) is 0 Å². The molecule has 2 amide bonds. The van der Waals surface area contributed by atoms with Gasteiger partial charge in [-0.1, -0.05) is 48.5 Å². The van der Waals surface area contributed by atoms with Gasteiger partial charge >= 0.3 is 0 Å². The SMILES string of the molecule is CC(=O)N1CCn2c(-c3ccccc3)nc(C(=O)Nc3ccccc3)c2C1. The lowest BCUT2D eigenvalue weighted by atomic mass is 10.2. The first kappa shape index (κ1) is 17.0. The van der Waals surface area contributed by atoms with Crippen LogP contribution in [0.2, 0.25) is 0 Å². The number of hydrogen-bond acceptors (Lipinski definition) is 3. The molecule has 1 N–H and O–H groups in total. The topological polar surface area (TPSA) is 67.2 Å². The predicted molar refractivity (Wildman–Crippen MR) is 103 cm³/mol. The molecule has 2 heterocycles. The fraction of sp³-hybridized carbons (Fsp3) is 0.190. The van der Waals surface area contributed by atoms with Gasteiger partial charge in [-0.05, 0) is 12.1 Å². The molecule has 0 radical (unpaired) electrons. The number of rotatable bonds is 3. The van der Waals surface area contributed by atoms with E-state index in [2.05, 4.69) is 14.9 Å². The fourth-order valence-corrected chi connectivity index (χ4v) is 3.34. The highest BCUT2D eigenvalue weighted by molar-refractivity contribution is 6.04. The van der Waals surface area contributed by atoms with Crippen molar-refractivity contribution < 1.29 is 9.59 Å². The Hall–Kier alpha value is -3.41. The molecule has 1 aliphatic heterocycles. The number of carbonyl (C=O) groups excluding carboxylic acids is 2. The molecule has 0 fully saturated rings. The van der Waals surface area contributed by atoms with E-state index in [0.717, 1.165) is 17.1 Å². The van der Waals surface area contributed by atoms with Crippen molar-refractivity contribution in [2.45, 2.75) is 20.0 Å². The van der Waals surface area contributed by atoms with Crippen LogP contribution in [0.4, 0.5) is 5.69 Å². The van der Waals surface area contributed by atoms with Crippen LogP contribution in [0.25, 0.3) is 11.4 Å². The summed E-state index contributed by atoms with van der Waals surface area (Å²) in [6.45, 7) is 3.16. The average molecular weight is 360 g/mol. The molecule has 0 bridgehead atoms. The Morgan fingerprint density at radius 1 is 0.963 bits per heavy atom. The number of amides is 2. The quantitative estimate of drug-likeness (QED) is 0.780. The predicted octanol–water partition coefficient (Wildman–Crippen LogP) is 3.16. The number of para-hydroxylation sites is 1. The zero-order valence-corrected chi connectivity index (χ0v) is 15.1. The van der Waals surface area contributed by atoms with E-state index in [4.69, 9.17) is 0 Å². The van der Waals surface area contributed by atoms with Crippen LogP contribution in [0.5, 0.6) is 0 Å². The molecular weight excluding hydrogens is 340 g/mol. The summed E-state index contributed by atoms with van der Waals surface area (Å²) < 4.78 is 2.05. The van der Waals surface area contributed by atoms with Crippen LogP contribution < -0.4 is 5.32 Å². The normalized spacial score (nSPS) is 13.1. The second-order valence-corrected chi connectivity index (χ2v) is 6.51. The fourth-order valence-electron chi connectivity index (χ4n) is 3.34. The van der Waals surface area contributed by atoms with Crippen molar-refractivity contribution in [1.82, 2.24) is 14.5 Å². The van der Waals surface area contributed by atoms with Gasteiger partial charge in [0.05, 0.1) is 12.2 Å². The zero-order valence-electron chi connectivity index (χ0n) is 15.1. The highest BCUT2D eigenvalue weighted by Crippen LogP contribution is 2.27. The van der Waals surface area contributed by atoms with E-state index in [-0.39, 0.29) is 11.8 Å². The molecule has 6 nitrogen and oxygen atoms in total. The van der Waals surface area contributed by atoms with Gasteiger partial charge in [-0.25, -0.2) is 4.98 Å². The second kappa shape index (κ2) is 7.07. The number of aromatic nitrogens is 2. The third-order valence-corrected chi connectivity index (χ3v) is 4.73. The third kappa shape index (κ3) is 3.33. The summed E-state index contributed by atoms with van der Waals surface area (Å²) in [6, 6.07) is 19.1. The van der Waals surface area contributed by atoms with E-state index < -0.39 is 0 Å². The van der Waals surface area contributed by atoms with E-state index in [1.807, 2.05) is 60.7 Å². The van der Waals surface area contributed by atoms with Crippen molar-refractivity contribution in [2.75, 3.05) is 11.9 Å². The molecule has 0 spiro atoms. The van der Waals surface area contributed by atoms with Crippen LogP contribution in [0.1, 0.15) is 23.1 Å². The summed E-state index contributed by atoms with van der Waals surface area (Å²) in [5.41, 5.74) is 2.80. The Bertz CT molecular complexity index is 980. The Morgan fingerprint density at radius 3 is 2.30 bits per heavy atom. The van der Waals surface area contributed by atoms with Gasteiger partial charge in [-0.15, -0.1) is 0 Å². The molecule has 1 aliphatic rings. The summed E-state index contributed by atoms with van der Waals surface area (Å²) in [5, 5.41) is 2.90. The first-order valence-electron chi connectivity index (χ1n) is 8.90. The van der Waals surface area contributed by atoms with E-state index >= 15 is 0 Å². The van der Waals surface area contributed by atoms with Crippen molar-refractivity contribution in [3.63, 3.8) is 0 Å². The van der Waals surface area contributed by atoms with Crippen LogP contribution >= 0.6 is 0 Å². The Labute approximate surface area is 157 Å². The molecule has 0 atom stereocenters. The average Bonchev–Trinajstić information content (AvgIpc) is 3.08. The highest BCUT2D eigenvalue weighted by atomic mass is 16.2. The Kier molecular flexibility index (Phi) is 4.46. The van der Waals surface area contributed by atoms with Crippen LogP contribution in [0.3, 0.4) is 0 Å². The standard InChI is InChI=1S/C21H20N4O2/c1-15(26)24-12-13-25-18(14-24)19(21(27)22-17-10-6-3-7-11-17)23-20(25)16-8-4-2-5-9-16/h2-11H,12-14H2,1H3,(H,22,27). The lowest BCUT2D eigenvalue weighted by Crippen LogP contribution is -2.37. The summed E-state index contributed by atoms with van der Waals surface area (Å²) in [5.74, 6) is 0.489. The van der Waals surface area contributed by atoms with Crippen LogP contribution in [-0.2, 0) is 17.9 Å². The smallest absolute Gasteiger partial charge is 0.276 e. The van der Waals surface area contributed by atoms with Gasteiger partial charge < -0.3 is 14.8 Å². The lowest BCUT2D eigenvalue weighted by Gasteiger charge is -2.28. The van der Waals surface area contributed by atoms with Crippen molar-refractivity contribution >= 4 is 17.5 Å². The molecule has 0 aliphatic carbocycles. The summed E-state index contributed by atoms with van der Waals surface area (Å²) >= 11 is 0. The van der Waals surface area contributed by atoms with E-state index in [1.165, 1.54) is 0 Å². The minimum absolute atomic E-state index is 0.00173. The number of anilines is 1. The van der Waals surface area contributed by atoms with Gasteiger partial charge in [0, 0.05) is 31.3 Å². The lowest BCUT2D eigenvalue weighted by molar-refractivity contribution is -0.130. The van der Waals surface area contributed by atoms with E-state index in [0.29, 0.717) is 31.0 Å². The first-order chi connectivity index (χ1) is 13.1. The van der Waals surface area contributed by atoms with E-state index in [1.54, 1.807) is 11.8 Å². The van der Waals surface area contributed by atoms with Gasteiger partial charge in [0.15, 0.2) is 5.69 Å². The molecular formula is C21H20N4O2. The molecule has 4 rings (SSSR count). The number of nitrogens with zero attached hydrogens (tertiary/aromatic N) is 3.